The lowest BCUT2D eigenvalue weighted by atomic mass is 10.1. The summed E-state index contributed by atoms with van der Waals surface area (Å²) in [6.07, 6.45) is 3.65. The lowest BCUT2D eigenvalue weighted by Gasteiger charge is -2.11. The second-order valence-corrected chi connectivity index (χ2v) is 4.49. The third-order valence-electron chi connectivity index (χ3n) is 2.29. The molecule has 0 bridgehead atoms. The van der Waals surface area contributed by atoms with Gasteiger partial charge < -0.3 is 11.1 Å². The number of carbonyl (C=O) groups is 1. The van der Waals surface area contributed by atoms with Gasteiger partial charge in [-0.2, -0.15) is 0 Å². The minimum absolute atomic E-state index is 0. The second kappa shape index (κ2) is 8.39. The summed E-state index contributed by atoms with van der Waals surface area (Å²) in [4.78, 5) is 12.8. The summed E-state index contributed by atoms with van der Waals surface area (Å²) in [5.74, 6) is -0.112. The molecule has 3 nitrogen and oxygen atoms in total. The standard InChI is InChI=1S/C12H18N2OS.ClH/c1-3-4-11(13)12(15)14-9-5-7-10(16-2)8-6-9;/h5-8,11H,3-4,13H2,1-2H3,(H,14,15);1H. The summed E-state index contributed by atoms with van der Waals surface area (Å²) >= 11 is 1.67. The van der Waals surface area contributed by atoms with Crippen molar-refractivity contribution in [3.05, 3.63) is 24.3 Å². The van der Waals surface area contributed by atoms with Crippen LogP contribution in [0.5, 0.6) is 0 Å². The van der Waals surface area contributed by atoms with Gasteiger partial charge in [-0.3, -0.25) is 4.79 Å². The molecule has 1 aromatic carbocycles. The van der Waals surface area contributed by atoms with Crippen molar-refractivity contribution in [2.24, 2.45) is 5.73 Å². The number of nitrogens with two attached hydrogens (primary N) is 1. The van der Waals surface area contributed by atoms with E-state index in [1.165, 1.54) is 4.90 Å². The molecule has 0 radical (unpaired) electrons. The highest BCUT2D eigenvalue weighted by Gasteiger charge is 2.11. The zero-order valence-corrected chi connectivity index (χ0v) is 11.7. The Kier molecular flexibility index (Phi) is 8.04. The minimum atomic E-state index is -0.412. The SMILES string of the molecule is CCCC(N)C(=O)Nc1ccc(SC)cc1.Cl. The van der Waals surface area contributed by atoms with E-state index in [0.717, 1.165) is 12.1 Å². The fraction of sp³-hybridized carbons (Fsp3) is 0.417. The average molecular weight is 275 g/mol. The van der Waals surface area contributed by atoms with Crippen molar-refractivity contribution in [2.75, 3.05) is 11.6 Å². The topological polar surface area (TPSA) is 55.1 Å². The van der Waals surface area contributed by atoms with Gasteiger partial charge in [0, 0.05) is 10.6 Å². The third-order valence-corrected chi connectivity index (χ3v) is 3.04. The number of rotatable bonds is 5. The highest BCUT2D eigenvalue weighted by molar-refractivity contribution is 7.98. The Morgan fingerprint density at radius 1 is 1.41 bits per heavy atom. The van der Waals surface area contributed by atoms with Gasteiger partial charge >= 0.3 is 0 Å². The zero-order chi connectivity index (χ0) is 12.0. The number of hydrogen-bond acceptors (Lipinski definition) is 3. The quantitative estimate of drug-likeness (QED) is 0.812. The maximum atomic E-state index is 11.6. The molecule has 3 N–H and O–H groups in total. The number of halogens is 1. The monoisotopic (exact) mass is 274 g/mol. The highest BCUT2D eigenvalue weighted by atomic mass is 35.5. The van der Waals surface area contributed by atoms with Crippen LogP contribution in [0.4, 0.5) is 5.69 Å². The Balaban J connectivity index is 0.00000256. The van der Waals surface area contributed by atoms with Crippen molar-refractivity contribution in [2.45, 2.75) is 30.7 Å². The Labute approximate surface area is 113 Å². The smallest absolute Gasteiger partial charge is 0.241 e. The molecular weight excluding hydrogens is 256 g/mol. The van der Waals surface area contributed by atoms with E-state index in [-0.39, 0.29) is 18.3 Å². The molecule has 0 saturated carbocycles. The van der Waals surface area contributed by atoms with Crippen molar-refractivity contribution in [1.82, 2.24) is 0 Å². The van der Waals surface area contributed by atoms with E-state index < -0.39 is 6.04 Å². The summed E-state index contributed by atoms with van der Waals surface area (Å²) < 4.78 is 0. The van der Waals surface area contributed by atoms with Gasteiger partial charge in [-0.15, -0.1) is 24.2 Å². The number of carbonyl (C=O) groups excluding carboxylic acids is 1. The number of anilines is 1. The van der Waals surface area contributed by atoms with Gasteiger partial charge in [0.1, 0.15) is 0 Å². The van der Waals surface area contributed by atoms with Gasteiger partial charge in [0.05, 0.1) is 6.04 Å². The Morgan fingerprint density at radius 3 is 2.47 bits per heavy atom. The molecule has 1 unspecified atom stereocenters. The van der Waals surface area contributed by atoms with E-state index in [4.69, 9.17) is 5.73 Å². The molecule has 5 heteroatoms. The zero-order valence-electron chi connectivity index (χ0n) is 10.1. The first-order valence-electron chi connectivity index (χ1n) is 5.38. The first-order valence-corrected chi connectivity index (χ1v) is 6.60. The average Bonchev–Trinajstić information content (AvgIpc) is 2.30. The van der Waals surface area contributed by atoms with E-state index in [1.807, 2.05) is 37.4 Å². The summed E-state index contributed by atoms with van der Waals surface area (Å²) in [5.41, 5.74) is 6.52. The van der Waals surface area contributed by atoms with E-state index >= 15 is 0 Å². The maximum absolute atomic E-state index is 11.6. The molecule has 1 rings (SSSR count). The van der Waals surface area contributed by atoms with E-state index in [1.54, 1.807) is 11.8 Å². The highest BCUT2D eigenvalue weighted by Crippen LogP contribution is 2.17. The predicted molar refractivity (Wildman–Crippen MR) is 77.0 cm³/mol. The van der Waals surface area contributed by atoms with Gasteiger partial charge in [-0.25, -0.2) is 0 Å². The van der Waals surface area contributed by atoms with E-state index in [9.17, 15) is 4.79 Å². The number of benzene rings is 1. The molecule has 1 amide bonds. The van der Waals surface area contributed by atoms with Crippen LogP contribution in [0.3, 0.4) is 0 Å². The molecule has 1 aromatic rings. The van der Waals surface area contributed by atoms with Crippen LogP contribution in [0.15, 0.2) is 29.2 Å². The van der Waals surface area contributed by atoms with E-state index in [2.05, 4.69) is 5.32 Å². The summed E-state index contributed by atoms with van der Waals surface area (Å²) in [6, 6.07) is 7.33. The second-order valence-electron chi connectivity index (χ2n) is 3.61. The third kappa shape index (κ3) is 5.44. The van der Waals surface area contributed by atoms with Crippen molar-refractivity contribution in [3.63, 3.8) is 0 Å². The first kappa shape index (κ1) is 16.3. The number of thioether (sulfide) groups is 1. The lowest BCUT2D eigenvalue weighted by Crippen LogP contribution is -2.35. The Bertz CT molecular complexity index is 343. The predicted octanol–water partition coefficient (Wildman–Crippen LogP) is 2.90. The molecule has 17 heavy (non-hydrogen) atoms. The molecule has 0 fully saturated rings. The van der Waals surface area contributed by atoms with Gasteiger partial charge in [0.2, 0.25) is 5.91 Å². The summed E-state index contributed by atoms with van der Waals surface area (Å²) in [5, 5.41) is 2.80. The van der Waals surface area contributed by atoms with Gasteiger partial charge in [-0.05, 0) is 36.9 Å². The lowest BCUT2D eigenvalue weighted by molar-refractivity contribution is -0.117. The van der Waals surface area contributed by atoms with Crippen LogP contribution in [-0.2, 0) is 4.79 Å². The maximum Gasteiger partial charge on any atom is 0.241 e. The number of nitrogens with one attached hydrogen (secondary N) is 1. The van der Waals surface area contributed by atoms with Crippen LogP contribution in [0.1, 0.15) is 19.8 Å². The first-order chi connectivity index (χ1) is 7.67. The van der Waals surface area contributed by atoms with Crippen LogP contribution in [0.25, 0.3) is 0 Å². The molecule has 0 spiro atoms. The molecule has 96 valence electrons. The van der Waals surface area contributed by atoms with Crippen molar-refractivity contribution >= 4 is 35.8 Å². The fourth-order valence-electron chi connectivity index (χ4n) is 1.35. The Hall–Kier alpha value is -0.710. The van der Waals surface area contributed by atoms with Crippen LogP contribution in [0, 0.1) is 0 Å². The normalized spacial score (nSPS) is 11.5. The fourth-order valence-corrected chi connectivity index (χ4v) is 1.76. The molecule has 1 atom stereocenters. The van der Waals surface area contributed by atoms with Crippen LogP contribution in [-0.4, -0.2) is 18.2 Å². The van der Waals surface area contributed by atoms with Crippen LogP contribution in [0.2, 0.25) is 0 Å². The summed E-state index contributed by atoms with van der Waals surface area (Å²) in [6.45, 7) is 2.01. The largest absolute Gasteiger partial charge is 0.325 e. The molecule has 0 aliphatic rings. The Morgan fingerprint density at radius 2 is 2.00 bits per heavy atom. The number of amides is 1. The van der Waals surface area contributed by atoms with Crippen LogP contribution < -0.4 is 11.1 Å². The van der Waals surface area contributed by atoms with Gasteiger partial charge in [-0.1, -0.05) is 13.3 Å². The van der Waals surface area contributed by atoms with Gasteiger partial charge in [0.15, 0.2) is 0 Å². The molecule has 0 heterocycles. The molecule has 0 saturated heterocycles. The minimum Gasteiger partial charge on any atom is -0.325 e. The van der Waals surface area contributed by atoms with Crippen LogP contribution >= 0.6 is 24.2 Å². The molecule has 0 aliphatic carbocycles. The molecule has 0 aliphatic heterocycles. The van der Waals surface area contributed by atoms with Crippen molar-refractivity contribution < 1.29 is 4.79 Å². The van der Waals surface area contributed by atoms with Gasteiger partial charge in [0.25, 0.3) is 0 Å². The molecule has 0 aromatic heterocycles. The van der Waals surface area contributed by atoms with Crippen molar-refractivity contribution in [3.8, 4) is 0 Å². The molecular formula is C12H19ClN2OS. The number of hydrogen-bond donors (Lipinski definition) is 2. The summed E-state index contributed by atoms with van der Waals surface area (Å²) in [7, 11) is 0. The van der Waals surface area contributed by atoms with Crippen molar-refractivity contribution in [1.29, 1.82) is 0 Å². The van der Waals surface area contributed by atoms with E-state index in [0.29, 0.717) is 6.42 Å².